The summed E-state index contributed by atoms with van der Waals surface area (Å²) in [5.74, 6) is 0.214. The largest absolute Gasteiger partial charge is 0.504 e. The molecule has 0 spiro atoms. The number of aliphatic hydroxyl groups is 1. The fourth-order valence-electron chi connectivity index (χ4n) is 2.31. The number of benzene rings is 2. The van der Waals surface area contributed by atoms with E-state index >= 15 is 0 Å². The van der Waals surface area contributed by atoms with Crippen LogP contribution >= 0.6 is 0 Å². The van der Waals surface area contributed by atoms with E-state index < -0.39 is 16.1 Å². The van der Waals surface area contributed by atoms with Gasteiger partial charge in [-0.2, -0.15) is 0 Å². The van der Waals surface area contributed by atoms with Gasteiger partial charge in [0.05, 0.1) is 6.26 Å². The molecule has 0 amide bonds. The molecule has 0 aliphatic carbocycles. The average molecular weight is 396 g/mol. The number of ether oxygens (including phenoxy) is 1. The topological polar surface area (TPSA) is 128 Å². The highest BCUT2D eigenvalue weighted by Crippen LogP contribution is 2.24. The van der Waals surface area contributed by atoms with Crippen molar-refractivity contribution in [3.63, 3.8) is 0 Å². The van der Waals surface area contributed by atoms with Gasteiger partial charge in [-0.3, -0.25) is 4.72 Å². The van der Waals surface area contributed by atoms with E-state index in [2.05, 4.69) is 10.0 Å². The van der Waals surface area contributed by atoms with Crippen LogP contribution in [-0.2, 0) is 16.4 Å². The molecule has 2 aromatic carbocycles. The zero-order chi connectivity index (χ0) is 19.9. The van der Waals surface area contributed by atoms with Crippen molar-refractivity contribution < 1.29 is 28.5 Å². The van der Waals surface area contributed by atoms with Crippen molar-refractivity contribution in [3.05, 3.63) is 48.0 Å². The monoisotopic (exact) mass is 396 g/mol. The molecule has 148 valence electrons. The van der Waals surface area contributed by atoms with Crippen molar-refractivity contribution in [1.29, 1.82) is 0 Å². The molecule has 0 saturated heterocycles. The zero-order valence-corrected chi connectivity index (χ0v) is 15.7. The number of hydrogen-bond acceptors (Lipinski definition) is 7. The van der Waals surface area contributed by atoms with Gasteiger partial charge in [-0.15, -0.1) is 0 Å². The van der Waals surface area contributed by atoms with Crippen molar-refractivity contribution in [3.8, 4) is 17.2 Å². The van der Waals surface area contributed by atoms with Crippen molar-refractivity contribution in [2.45, 2.75) is 12.5 Å². The average Bonchev–Trinajstić information content (AvgIpc) is 2.60. The lowest BCUT2D eigenvalue weighted by Crippen LogP contribution is -2.32. The third-order valence-corrected chi connectivity index (χ3v) is 4.22. The van der Waals surface area contributed by atoms with E-state index in [-0.39, 0.29) is 18.1 Å². The summed E-state index contributed by atoms with van der Waals surface area (Å²) < 4.78 is 30.1. The van der Waals surface area contributed by atoms with Crippen molar-refractivity contribution in [1.82, 2.24) is 5.32 Å². The fourth-order valence-corrected chi connectivity index (χ4v) is 2.87. The van der Waals surface area contributed by atoms with Gasteiger partial charge in [-0.1, -0.05) is 6.07 Å². The van der Waals surface area contributed by atoms with Gasteiger partial charge in [0.1, 0.15) is 18.5 Å². The van der Waals surface area contributed by atoms with E-state index in [0.29, 0.717) is 30.9 Å². The first-order chi connectivity index (χ1) is 12.7. The van der Waals surface area contributed by atoms with Crippen molar-refractivity contribution in [2.24, 2.45) is 0 Å². The molecule has 8 nitrogen and oxygen atoms in total. The molecule has 0 aromatic heterocycles. The van der Waals surface area contributed by atoms with Crippen LogP contribution < -0.4 is 14.8 Å². The molecule has 0 radical (unpaired) electrons. The number of nitrogens with one attached hydrogen (secondary N) is 2. The van der Waals surface area contributed by atoms with Gasteiger partial charge in [-0.05, 0) is 54.9 Å². The quantitative estimate of drug-likeness (QED) is 0.300. The predicted molar refractivity (Wildman–Crippen MR) is 103 cm³/mol. The number of hydrogen-bond donors (Lipinski definition) is 5. The van der Waals surface area contributed by atoms with Crippen LogP contribution in [0.1, 0.15) is 5.56 Å². The van der Waals surface area contributed by atoms with E-state index in [9.17, 15) is 23.7 Å². The maximum absolute atomic E-state index is 11.1. The predicted octanol–water partition coefficient (Wildman–Crippen LogP) is 1.04. The molecule has 5 N–H and O–H groups in total. The van der Waals surface area contributed by atoms with E-state index in [4.69, 9.17) is 4.74 Å². The first-order valence-electron chi connectivity index (χ1n) is 8.33. The summed E-state index contributed by atoms with van der Waals surface area (Å²) in [6.45, 7) is 1.01. The fraction of sp³-hybridized carbons (Fsp3) is 0.333. The number of sulfonamides is 1. The number of rotatable bonds is 10. The third-order valence-electron chi connectivity index (χ3n) is 3.61. The summed E-state index contributed by atoms with van der Waals surface area (Å²) in [5, 5.41) is 31.7. The van der Waals surface area contributed by atoms with Gasteiger partial charge in [0.2, 0.25) is 10.0 Å². The third kappa shape index (κ3) is 7.73. The normalized spacial score (nSPS) is 12.5. The molecule has 2 aromatic rings. The molecule has 0 aliphatic heterocycles. The van der Waals surface area contributed by atoms with Crippen LogP contribution in [-0.4, -0.2) is 55.8 Å². The van der Waals surface area contributed by atoms with E-state index in [1.165, 1.54) is 12.1 Å². The summed E-state index contributed by atoms with van der Waals surface area (Å²) in [6.07, 6.45) is 0.994. The minimum absolute atomic E-state index is 0.0891. The van der Waals surface area contributed by atoms with Crippen molar-refractivity contribution >= 4 is 15.7 Å². The first-order valence-corrected chi connectivity index (χ1v) is 10.2. The molecule has 27 heavy (non-hydrogen) atoms. The Bertz CT molecular complexity index is 839. The molecule has 9 heteroatoms. The Balaban J connectivity index is 1.67. The highest BCUT2D eigenvalue weighted by Gasteiger charge is 2.07. The Morgan fingerprint density at radius 3 is 2.41 bits per heavy atom. The molecule has 0 heterocycles. The van der Waals surface area contributed by atoms with E-state index in [0.717, 1.165) is 11.8 Å². The van der Waals surface area contributed by atoms with E-state index in [1.807, 2.05) is 0 Å². The smallest absolute Gasteiger partial charge is 0.229 e. The number of anilines is 1. The molecule has 0 unspecified atom stereocenters. The maximum atomic E-state index is 11.1. The summed E-state index contributed by atoms with van der Waals surface area (Å²) in [5.41, 5.74) is 1.30. The van der Waals surface area contributed by atoms with Crippen LogP contribution in [0.3, 0.4) is 0 Å². The Labute approximate surface area is 158 Å². The van der Waals surface area contributed by atoms with Crippen molar-refractivity contribution in [2.75, 3.05) is 30.7 Å². The van der Waals surface area contributed by atoms with Gasteiger partial charge in [0.15, 0.2) is 11.5 Å². The number of phenolic OH excluding ortho intramolecular Hbond substituents is 2. The second kappa shape index (κ2) is 9.45. The minimum atomic E-state index is -3.32. The lowest BCUT2D eigenvalue weighted by molar-refractivity contribution is 0.106. The molecule has 0 aliphatic rings. The second-order valence-electron chi connectivity index (χ2n) is 6.14. The standard InChI is InChI=1S/C18H24N2O6S/c1-27(24,25)20-14-3-5-16(6-4-14)26-12-15(21)11-19-9-8-13-2-7-17(22)18(23)10-13/h2-7,10,15,19-23H,8-9,11-12H2,1H3/t15-/m0/s1. The molecule has 0 fully saturated rings. The summed E-state index contributed by atoms with van der Waals surface area (Å²) in [7, 11) is -3.32. The minimum Gasteiger partial charge on any atom is -0.504 e. The Hall–Kier alpha value is -2.49. The lowest BCUT2D eigenvalue weighted by Gasteiger charge is -2.14. The zero-order valence-electron chi connectivity index (χ0n) is 14.9. The van der Waals surface area contributed by atoms with Gasteiger partial charge in [0, 0.05) is 12.2 Å². The molecule has 0 bridgehead atoms. The molecular formula is C18H24N2O6S. The Morgan fingerprint density at radius 2 is 1.78 bits per heavy atom. The maximum Gasteiger partial charge on any atom is 0.229 e. The van der Waals surface area contributed by atoms with Gasteiger partial charge < -0.3 is 25.4 Å². The van der Waals surface area contributed by atoms with Crippen LogP contribution in [0.2, 0.25) is 0 Å². The number of aromatic hydroxyl groups is 2. The first kappa shape index (κ1) is 20.8. The number of phenols is 2. The molecule has 1 atom stereocenters. The highest BCUT2D eigenvalue weighted by atomic mass is 32.2. The van der Waals surface area contributed by atoms with Crippen LogP contribution in [0.15, 0.2) is 42.5 Å². The second-order valence-corrected chi connectivity index (χ2v) is 7.89. The highest BCUT2D eigenvalue weighted by molar-refractivity contribution is 7.92. The summed E-state index contributed by atoms with van der Waals surface area (Å²) >= 11 is 0. The number of aliphatic hydroxyl groups excluding tert-OH is 1. The Kier molecular flexibility index (Phi) is 7.28. The lowest BCUT2D eigenvalue weighted by atomic mass is 10.1. The van der Waals surface area contributed by atoms with Crippen LogP contribution in [0, 0.1) is 0 Å². The molecule has 0 saturated carbocycles. The van der Waals surface area contributed by atoms with Crippen LogP contribution in [0.5, 0.6) is 17.2 Å². The SMILES string of the molecule is CS(=O)(=O)Nc1ccc(OC[C@@H](O)CNCCc2ccc(O)c(O)c2)cc1. The summed E-state index contributed by atoms with van der Waals surface area (Å²) in [6, 6.07) is 11.0. The van der Waals surface area contributed by atoms with Crippen LogP contribution in [0.4, 0.5) is 5.69 Å². The molecular weight excluding hydrogens is 372 g/mol. The Morgan fingerprint density at radius 1 is 1.07 bits per heavy atom. The van der Waals surface area contributed by atoms with E-state index in [1.54, 1.807) is 30.3 Å². The molecule has 2 rings (SSSR count). The van der Waals surface area contributed by atoms with Gasteiger partial charge in [0.25, 0.3) is 0 Å². The van der Waals surface area contributed by atoms with Gasteiger partial charge in [-0.25, -0.2) is 8.42 Å². The van der Waals surface area contributed by atoms with Crippen LogP contribution in [0.25, 0.3) is 0 Å². The van der Waals surface area contributed by atoms with Gasteiger partial charge >= 0.3 is 0 Å². The summed E-state index contributed by atoms with van der Waals surface area (Å²) in [4.78, 5) is 0.